The van der Waals surface area contributed by atoms with Crippen LogP contribution in [0.5, 0.6) is 23.0 Å². The minimum absolute atomic E-state index is 0.278. The van der Waals surface area contributed by atoms with Crippen molar-refractivity contribution >= 4 is 105 Å². The minimum Gasteiger partial charge on any atom is -0.486 e. The van der Waals surface area contributed by atoms with Crippen LogP contribution in [-0.4, -0.2) is 100 Å². The summed E-state index contributed by atoms with van der Waals surface area (Å²) < 4.78 is 23.2. The molecule has 0 aliphatic carbocycles. The van der Waals surface area contributed by atoms with Crippen LogP contribution in [0.1, 0.15) is 49.0 Å². The second-order valence-electron chi connectivity index (χ2n) is 11.4. The summed E-state index contributed by atoms with van der Waals surface area (Å²) in [6.45, 7) is 7.61. The normalized spacial score (nSPS) is 19.0. The molecule has 0 saturated carbocycles. The third-order valence-electron chi connectivity index (χ3n) is 8.10. The van der Waals surface area contributed by atoms with Gasteiger partial charge in [-0.2, -0.15) is 0 Å². The van der Waals surface area contributed by atoms with E-state index in [4.69, 9.17) is 30.2 Å². The molecule has 0 bridgehead atoms. The van der Waals surface area contributed by atoms with Gasteiger partial charge in [0.1, 0.15) is 26.4 Å². The number of likely N-dealkylation sites (tertiary alicyclic amines) is 2. The number of nitrogens with two attached hydrogens (primary N) is 1. The second kappa shape index (κ2) is 25.1. The number of hydrogen-bond acceptors (Lipinski definition) is 10. The van der Waals surface area contributed by atoms with E-state index in [0.717, 1.165) is 56.9 Å². The smallest absolute Gasteiger partial charge is 0.161 e. The molecule has 12 nitrogen and oxygen atoms in total. The molecule has 2 aromatic carbocycles. The van der Waals surface area contributed by atoms with E-state index < -0.39 is 18.2 Å². The van der Waals surface area contributed by atoms with Crippen LogP contribution in [0, 0.1) is 0 Å². The zero-order valence-electron chi connectivity index (χ0n) is 27.1. The van der Waals surface area contributed by atoms with Crippen LogP contribution in [0.25, 0.3) is 10.4 Å². The number of azide groups is 1. The van der Waals surface area contributed by atoms with Gasteiger partial charge in [0.25, 0.3) is 0 Å². The predicted molar refractivity (Wildman–Crippen MR) is 232 cm³/mol. The van der Waals surface area contributed by atoms with E-state index in [2.05, 4.69) is 125 Å². The Bertz CT molecular complexity index is 1300. The van der Waals surface area contributed by atoms with E-state index in [1.807, 2.05) is 18.2 Å². The van der Waals surface area contributed by atoms with Gasteiger partial charge in [-0.15, -0.1) is 0 Å². The first-order chi connectivity index (χ1) is 23.7. The van der Waals surface area contributed by atoms with Gasteiger partial charge >= 0.3 is 64.9 Å². The third kappa shape index (κ3) is 16.1. The molecule has 18 heteroatoms. The summed E-state index contributed by atoms with van der Waals surface area (Å²) in [5, 5.41) is 24.8. The maximum atomic E-state index is 10.6. The fraction of sp³-hybridized carbons (Fsp3) is 0.613. The number of alkyl halides is 2. The molecule has 49 heavy (non-hydrogen) atoms. The molecule has 2 aromatic rings. The molecule has 4 aliphatic rings. The number of fused-ring (bicyclic) bond motifs is 2. The Labute approximate surface area is 354 Å². The Morgan fingerprint density at radius 3 is 1.55 bits per heavy atom. The van der Waals surface area contributed by atoms with Crippen molar-refractivity contribution < 1.29 is 34.1 Å². The molecule has 6 rings (SSSR count). The van der Waals surface area contributed by atoms with Crippen LogP contribution in [0.15, 0.2) is 41.5 Å². The Balaban J connectivity index is 0.000000224. The van der Waals surface area contributed by atoms with Crippen molar-refractivity contribution in [3.63, 3.8) is 0 Å². The first-order valence-corrected chi connectivity index (χ1v) is 32.5. The summed E-state index contributed by atoms with van der Waals surface area (Å²) in [5.41, 5.74) is 16.4. The van der Waals surface area contributed by atoms with Crippen LogP contribution < -0.4 is 24.7 Å². The van der Waals surface area contributed by atoms with Gasteiger partial charge in [-0.1, -0.05) is 62.4 Å². The fourth-order valence-electron chi connectivity index (χ4n) is 5.82. The van der Waals surface area contributed by atoms with E-state index >= 15 is 0 Å². The average molecular weight is 1280 g/mol. The van der Waals surface area contributed by atoms with Crippen molar-refractivity contribution in [2.75, 3.05) is 68.1 Å². The van der Waals surface area contributed by atoms with Gasteiger partial charge in [0.05, 0.1) is 20.7 Å². The van der Waals surface area contributed by atoms with E-state index in [0.29, 0.717) is 55.8 Å². The van der Waals surface area contributed by atoms with Crippen molar-refractivity contribution in [2.45, 2.75) is 50.0 Å². The number of halogens is 5. The van der Waals surface area contributed by atoms with Crippen molar-refractivity contribution in [2.24, 2.45) is 10.8 Å². The minimum atomic E-state index is -0.854. The maximum absolute atomic E-state index is 10.6. The molecule has 2 saturated heterocycles. The molecular formula is C31H44I5N6O6V. The van der Waals surface area contributed by atoms with Crippen molar-refractivity contribution in [3.05, 3.63) is 58.0 Å². The van der Waals surface area contributed by atoms with E-state index in [1.165, 1.54) is 15.3 Å². The number of aliphatic hydroxyl groups is 2. The Kier molecular flexibility index (Phi) is 22.8. The first-order valence-electron chi connectivity index (χ1n) is 16.0. The van der Waals surface area contributed by atoms with Crippen LogP contribution in [-0.2, 0) is 4.92 Å². The average Bonchev–Trinajstić information content (AvgIpc) is 3.82. The first kappa shape index (κ1) is 44.4. The summed E-state index contributed by atoms with van der Waals surface area (Å²) in [6.07, 6.45) is 3.24. The summed E-state index contributed by atoms with van der Waals surface area (Å²) >= 11 is 11.9. The monoisotopic (exact) mass is 1280 g/mol. The molecule has 4 aliphatic heterocycles. The number of ether oxygens (including phenoxy) is 4. The number of rotatable bonds is 9. The quantitative estimate of drug-likeness (QED) is 0.0755. The van der Waals surface area contributed by atoms with E-state index in [9.17, 15) is 10.2 Å². The fourth-order valence-corrected chi connectivity index (χ4v) is 5.82. The SMILES string of the molecule is ICI.N[C@H](CN1CCCC1)[C@H](O)c1ccc2c(c1)OCCO2.[I][V]([I])[I].[N-]=[N+]=N[C@H](CN1CCCC1)[C@H](O)c1ccc2c(c1)OCCO2. The van der Waals surface area contributed by atoms with Gasteiger partial charge in [0.2, 0.25) is 0 Å². The van der Waals surface area contributed by atoms with Crippen LogP contribution in [0.2, 0.25) is 0 Å². The molecule has 2 fully saturated rings. The van der Waals surface area contributed by atoms with E-state index in [-0.39, 0.29) is 11.0 Å². The van der Waals surface area contributed by atoms with Gasteiger partial charge < -0.3 is 44.7 Å². The Morgan fingerprint density at radius 2 is 1.12 bits per heavy atom. The number of benzene rings is 2. The second-order valence-corrected chi connectivity index (χ2v) is 51.3. The Morgan fingerprint density at radius 1 is 0.735 bits per heavy atom. The zero-order valence-corrected chi connectivity index (χ0v) is 39.2. The third-order valence-corrected chi connectivity index (χ3v) is 8.10. The van der Waals surface area contributed by atoms with Crippen LogP contribution in [0.3, 0.4) is 0 Å². The number of aliphatic hydroxyl groups excluding tert-OH is 2. The largest absolute Gasteiger partial charge is 0.486 e. The molecule has 0 aromatic heterocycles. The van der Waals surface area contributed by atoms with Gasteiger partial charge in [-0.05, 0) is 92.8 Å². The molecule has 0 unspecified atom stereocenters. The maximum Gasteiger partial charge on any atom is 0.161 e. The topological polar surface area (TPSA) is 159 Å². The predicted octanol–water partition coefficient (Wildman–Crippen LogP) is 7.65. The van der Waals surface area contributed by atoms with Gasteiger partial charge in [-0.3, -0.25) is 0 Å². The number of nitrogens with zero attached hydrogens (tertiary/aromatic N) is 5. The van der Waals surface area contributed by atoms with Crippen LogP contribution in [0.4, 0.5) is 0 Å². The molecule has 0 spiro atoms. The van der Waals surface area contributed by atoms with Crippen LogP contribution >= 0.6 is 105 Å². The van der Waals surface area contributed by atoms with E-state index in [1.54, 1.807) is 18.2 Å². The summed E-state index contributed by atoms with van der Waals surface area (Å²) in [7, 11) is 0. The standard InChI is InChI=1S/C15H20N4O3.C15H22N2O3.CH2I2.3HI.V/c16-18-17-12(10-19-5-1-2-6-19)15(20)11-3-4-13-14(9-11)22-8-7-21-13;16-12(10-17-5-1-2-6-17)15(18)11-3-4-13-14(9-11)20-8-7-19-13;2-1-3;;;;/h3-4,9,12,15,20H,1-2,5-8,10H2;3-4,9,12,15,18H,1-2,5-8,10,16H2;1H2;3*1H;/q;;;;;;+3/p-3/t2*12-,15-;;;;;/m11...../s1. The molecule has 274 valence electrons. The van der Waals surface area contributed by atoms with Gasteiger partial charge in [0.15, 0.2) is 23.0 Å². The molecule has 4 heterocycles. The van der Waals surface area contributed by atoms with Gasteiger partial charge in [-0.25, -0.2) is 0 Å². The summed E-state index contributed by atoms with van der Waals surface area (Å²) in [6, 6.07) is 10.1. The summed E-state index contributed by atoms with van der Waals surface area (Å²) in [5.74, 6) is 2.74. The molecule has 0 amide bonds. The van der Waals surface area contributed by atoms with Gasteiger partial charge in [0, 0.05) is 24.0 Å². The molecule has 4 atom stereocenters. The molecule has 4 N–H and O–H groups in total. The van der Waals surface area contributed by atoms with Crippen molar-refractivity contribution in [1.82, 2.24) is 9.80 Å². The summed E-state index contributed by atoms with van der Waals surface area (Å²) in [4.78, 5) is 7.15. The van der Waals surface area contributed by atoms with Crippen molar-refractivity contribution in [3.8, 4) is 23.0 Å². The number of hydrogen-bond donors (Lipinski definition) is 3. The molecular weight excluding hydrogens is 1240 g/mol. The Hall–Kier alpha value is 0.984. The molecule has 0 radical (unpaired) electrons. The zero-order chi connectivity index (χ0) is 35.6. The van der Waals surface area contributed by atoms with Crippen molar-refractivity contribution in [1.29, 1.82) is 0 Å².